The van der Waals surface area contributed by atoms with Crippen molar-refractivity contribution in [3.8, 4) is 0 Å². The monoisotopic (exact) mass is 703 g/mol. The van der Waals surface area contributed by atoms with Gasteiger partial charge in [0.05, 0.1) is 12.7 Å². The lowest BCUT2D eigenvalue weighted by atomic mass is 9.84. The number of aliphatic hydroxyl groups excluding tert-OH is 1. The minimum atomic E-state index is -1.88. The second-order valence-electron chi connectivity index (χ2n) is 17.6. The van der Waals surface area contributed by atoms with Gasteiger partial charge in [0, 0.05) is 38.1 Å². The molecule has 5 unspecified atom stereocenters. The molecule has 2 heterocycles. The smallest absolute Gasteiger partial charge is 0.199 e. The van der Waals surface area contributed by atoms with Crippen LogP contribution in [0.15, 0.2) is 35.1 Å². The van der Waals surface area contributed by atoms with E-state index in [0.29, 0.717) is 23.7 Å². The van der Waals surface area contributed by atoms with Crippen LogP contribution in [-0.4, -0.2) is 58.5 Å². The number of ether oxygens (including phenoxy) is 4. The average molecular weight is 703 g/mol. The fourth-order valence-electron chi connectivity index (χ4n) is 8.00. The predicted molar refractivity (Wildman–Crippen MR) is 204 cm³/mol. The van der Waals surface area contributed by atoms with Crippen molar-refractivity contribution in [2.75, 3.05) is 26.4 Å². The molecule has 6 nitrogen and oxygen atoms in total. The molecule has 49 heavy (non-hydrogen) atoms. The van der Waals surface area contributed by atoms with Gasteiger partial charge in [-0.15, -0.1) is 0 Å². The summed E-state index contributed by atoms with van der Waals surface area (Å²) in [4.78, 5) is 0. The molecule has 282 valence electrons. The lowest BCUT2D eigenvalue weighted by Gasteiger charge is -2.38. The molecule has 1 saturated carbocycles. The summed E-state index contributed by atoms with van der Waals surface area (Å²) >= 11 is 0. The Morgan fingerprint density at radius 2 is 1.63 bits per heavy atom. The first-order valence-corrected chi connectivity index (χ1v) is 23.1. The van der Waals surface area contributed by atoms with Crippen LogP contribution in [0.5, 0.6) is 0 Å². The van der Waals surface area contributed by atoms with Crippen LogP contribution >= 0.6 is 0 Å². The Labute approximate surface area is 301 Å². The van der Waals surface area contributed by atoms with E-state index in [1.54, 1.807) is 5.57 Å². The van der Waals surface area contributed by atoms with Gasteiger partial charge in [-0.25, -0.2) is 0 Å². The topological polar surface area (TPSA) is 66.4 Å². The molecule has 0 aromatic heterocycles. The minimum Gasteiger partial charge on any atom is -0.469 e. The van der Waals surface area contributed by atoms with Gasteiger partial charge in [-0.2, -0.15) is 0 Å². The third kappa shape index (κ3) is 12.6. The zero-order valence-electron chi connectivity index (χ0n) is 32.8. The van der Waals surface area contributed by atoms with Crippen molar-refractivity contribution in [2.24, 2.45) is 29.6 Å². The zero-order valence-corrected chi connectivity index (χ0v) is 33.8. The molecular weight excluding hydrogens is 629 g/mol. The van der Waals surface area contributed by atoms with Crippen molar-refractivity contribution >= 4 is 8.32 Å². The summed E-state index contributed by atoms with van der Waals surface area (Å²) in [6, 6.07) is 0. The van der Waals surface area contributed by atoms with Crippen molar-refractivity contribution in [1.82, 2.24) is 0 Å². The number of aliphatic hydroxyl groups is 1. The summed E-state index contributed by atoms with van der Waals surface area (Å²) in [6.07, 6.45) is 23.3. The molecule has 0 aromatic carbocycles. The van der Waals surface area contributed by atoms with Crippen molar-refractivity contribution in [2.45, 2.75) is 175 Å². The Kier molecular flexibility index (Phi) is 16.5. The molecule has 4 rings (SSSR count). The summed E-state index contributed by atoms with van der Waals surface area (Å²) < 4.78 is 33.1. The SMILES string of the molecule is CC(C)=CCC[C@@H](C)CCC=C(OC1CCCCO1)[C@H]1C2CC(C(CCCCO)CO[Si](C)(C)C(C)(C)C)=CC2C[C@@H]1OC1CCCCO1. The number of hydrogen-bond acceptors (Lipinski definition) is 6. The molecule has 0 amide bonds. The lowest BCUT2D eigenvalue weighted by molar-refractivity contribution is -0.201. The second-order valence-corrected chi connectivity index (χ2v) is 22.4. The van der Waals surface area contributed by atoms with Gasteiger partial charge in [0.25, 0.3) is 0 Å². The van der Waals surface area contributed by atoms with Gasteiger partial charge in [0.15, 0.2) is 20.9 Å². The first-order valence-electron chi connectivity index (χ1n) is 20.2. The Morgan fingerprint density at radius 1 is 0.959 bits per heavy atom. The lowest BCUT2D eigenvalue weighted by Crippen LogP contribution is -2.42. The molecule has 0 aromatic rings. The molecule has 2 aliphatic carbocycles. The van der Waals surface area contributed by atoms with Crippen molar-refractivity contribution in [3.63, 3.8) is 0 Å². The summed E-state index contributed by atoms with van der Waals surface area (Å²) in [6.45, 7) is 21.1. The van der Waals surface area contributed by atoms with Crippen LogP contribution in [0.3, 0.4) is 0 Å². The summed E-state index contributed by atoms with van der Waals surface area (Å²) in [5.74, 6) is 3.27. The number of hydrogen-bond donors (Lipinski definition) is 1. The summed E-state index contributed by atoms with van der Waals surface area (Å²) in [5.41, 5.74) is 2.97. The van der Waals surface area contributed by atoms with Crippen molar-refractivity contribution < 1.29 is 28.5 Å². The zero-order chi connectivity index (χ0) is 35.4. The largest absolute Gasteiger partial charge is 0.469 e. The Bertz CT molecular complexity index is 1060. The van der Waals surface area contributed by atoms with Gasteiger partial charge in [0.1, 0.15) is 5.76 Å². The molecule has 0 bridgehead atoms. The van der Waals surface area contributed by atoms with E-state index in [9.17, 15) is 5.11 Å². The maximum Gasteiger partial charge on any atom is 0.199 e. The van der Waals surface area contributed by atoms with E-state index in [1.165, 1.54) is 18.4 Å². The van der Waals surface area contributed by atoms with E-state index >= 15 is 0 Å². The molecule has 1 N–H and O–H groups in total. The van der Waals surface area contributed by atoms with Crippen LogP contribution in [0.4, 0.5) is 0 Å². The van der Waals surface area contributed by atoms with E-state index in [2.05, 4.69) is 72.9 Å². The Hall–Kier alpha value is -0.963. The average Bonchev–Trinajstić information content (AvgIpc) is 3.60. The number of allylic oxidation sites excluding steroid dienone is 4. The van der Waals surface area contributed by atoms with Crippen molar-refractivity contribution in [3.05, 3.63) is 35.1 Å². The van der Waals surface area contributed by atoms with Crippen LogP contribution in [0.25, 0.3) is 0 Å². The minimum absolute atomic E-state index is 0.0807. The van der Waals surface area contributed by atoms with E-state index in [0.717, 1.165) is 109 Å². The maximum atomic E-state index is 9.61. The van der Waals surface area contributed by atoms with E-state index in [4.69, 9.17) is 23.4 Å². The number of unbranched alkanes of at least 4 members (excludes halogenated alkanes) is 1. The standard InChI is InChI=1S/C42H74O6Si/c1-31(2)17-15-18-32(3)19-16-21-37(47-39-22-10-13-25-44-39)41-36-28-34(27-35(36)29-38(41)48-40-23-11-14-26-45-40)33(20-9-12-24-43)30-46-49(7,8)42(4,5)6/h17,21,27,32-33,35-36,38-41,43H,9-16,18-20,22-26,28-30H2,1-8H3/t32-,33?,35?,36?,38+,39?,40?,41-/m1/s1. The van der Waals surface area contributed by atoms with Crippen LogP contribution in [0.2, 0.25) is 18.1 Å². The van der Waals surface area contributed by atoms with Crippen molar-refractivity contribution in [1.29, 1.82) is 0 Å². The molecule has 7 heteroatoms. The highest BCUT2D eigenvalue weighted by Gasteiger charge is 2.50. The third-order valence-corrected chi connectivity index (χ3v) is 16.7. The maximum absolute atomic E-state index is 9.61. The van der Waals surface area contributed by atoms with Gasteiger partial charge in [-0.05, 0) is 139 Å². The Balaban J connectivity index is 1.57. The van der Waals surface area contributed by atoms with Gasteiger partial charge in [-0.1, -0.05) is 57.4 Å². The Morgan fingerprint density at radius 3 is 2.24 bits per heavy atom. The molecule has 8 atom stereocenters. The number of rotatable bonds is 19. The summed E-state index contributed by atoms with van der Waals surface area (Å²) in [7, 11) is -1.88. The molecule has 2 aliphatic heterocycles. The van der Waals surface area contributed by atoms with E-state index in [1.807, 2.05) is 0 Å². The van der Waals surface area contributed by atoms with Crippen LogP contribution in [0.1, 0.15) is 138 Å². The number of fused-ring (bicyclic) bond motifs is 1. The molecule has 4 aliphatic rings. The molecule has 2 saturated heterocycles. The van der Waals surface area contributed by atoms with Crippen LogP contribution in [0, 0.1) is 29.6 Å². The van der Waals surface area contributed by atoms with Crippen LogP contribution in [-0.2, 0) is 23.4 Å². The quantitative estimate of drug-likeness (QED) is 0.0625. The highest BCUT2D eigenvalue weighted by atomic mass is 28.4. The first-order chi connectivity index (χ1) is 23.4. The molecule has 3 fully saturated rings. The van der Waals surface area contributed by atoms with Crippen LogP contribution < -0.4 is 0 Å². The normalized spacial score (nSPS) is 29.3. The highest BCUT2D eigenvalue weighted by Crippen LogP contribution is 2.53. The van der Waals surface area contributed by atoms with E-state index < -0.39 is 8.32 Å². The summed E-state index contributed by atoms with van der Waals surface area (Å²) in [5, 5.41) is 9.79. The highest BCUT2D eigenvalue weighted by molar-refractivity contribution is 6.74. The van der Waals surface area contributed by atoms with Gasteiger partial charge in [0.2, 0.25) is 0 Å². The fraction of sp³-hybridized carbons (Fsp3) is 0.857. The molecule has 0 spiro atoms. The molecular formula is C42H74O6Si. The first kappa shape index (κ1) is 40.8. The molecule has 0 radical (unpaired) electrons. The van der Waals surface area contributed by atoms with Gasteiger partial charge >= 0.3 is 0 Å². The third-order valence-electron chi connectivity index (χ3n) is 12.2. The van der Waals surface area contributed by atoms with Gasteiger partial charge < -0.3 is 28.5 Å². The second kappa shape index (κ2) is 19.8. The van der Waals surface area contributed by atoms with Gasteiger partial charge in [-0.3, -0.25) is 0 Å². The van der Waals surface area contributed by atoms with E-state index in [-0.39, 0.29) is 36.2 Å². The predicted octanol–water partition coefficient (Wildman–Crippen LogP) is 10.9. The fourth-order valence-corrected chi connectivity index (χ4v) is 9.05.